The summed E-state index contributed by atoms with van der Waals surface area (Å²) in [6.45, 7) is 1.97. The van der Waals surface area contributed by atoms with E-state index < -0.39 is 0 Å². The second-order valence-corrected chi connectivity index (χ2v) is 3.91. The number of hydrogen-bond acceptors (Lipinski definition) is 3. The largest absolute Gasteiger partial charge is 0.490 e. The summed E-state index contributed by atoms with van der Waals surface area (Å²) in [6, 6.07) is 3.41. The molecule has 4 nitrogen and oxygen atoms in total. The molecule has 80 valence electrons. The average Bonchev–Trinajstić information content (AvgIpc) is 3.00. The van der Waals surface area contributed by atoms with Gasteiger partial charge in [-0.3, -0.25) is 10.1 Å². The standard InChI is InChI=1S/C11H13NO3/c1-7-5-11(15-2)10(12(13)14)6-9(7)8-3-4-8/h5-6,8H,3-4H2,1-2H3. The number of nitrogens with zero attached hydrogens (tertiary/aromatic N) is 1. The SMILES string of the molecule is COc1cc(C)c(C2CC2)cc1[N+](=O)[O-]. The summed E-state index contributed by atoms with van der Waals surface area (Å²) in [7, 11) is 1.46. The van der Waals surface area contributed by atoms with Gasteiger partial charge in [0, 0.05) is 6.07 Å². The van der Waals surface area contributed by atoms with E-state index in [0.717, 1.165) is 24.0 Å². The summed E-state index contributed by atoms with van der Waals surface area (Å²) in [6.07, 6.45) is 2.29. The molecule has 1 aliphatic carbocycles. The van der Waals surface area contributed by atoms with Crippen molar-refractivity contribution in [2.24, 2.45) is 0 Å². The zero-order valence-corrected chi connectivity index (χ0v) is 8.82. The van der Waals surface area contributed by atoms with Crippen molar-refractivity contribution in [1.82, 2.24) is 0 Å². The smallest absolute Gasteiger partial charge is 0.311 e. The van der Waals surface area contributed by atoms with Gasteiger partial charge in [0.15, 0.2) is 5.75 Å². The number of nitro groups is 1. The van der Waals surface area contributed by atoms with Crippen molar-refractivity contribution >= 4 is 5.69 Å². The Balaban J connectivity index is 2.51. The van der Waals surface area contributed by atoms with Crippen molar-refractivity contribution in [2.45, 2.75) is 25.7 Å². The maximum absolute atomic E-state index is 10.8. The van der Waals surface area contributed by atoms with Crippen molar-refractivity contribution in [3.05, 3.63) is 33.4 Å². The van der Waals surface area contributed by atoms with E-state index in [-0.39, 0.29) is 10.6 Å². The molecule has 1 aliphatic rings. The molecule has 0 N–H and O–H groups in total. The molecule has 4 heteroatoms. The van der Waals surface area contributed by atoms with Crippen molar-refractivity contribution < 1.29 is 9.66 Å². The molecule has 0 spiro atoms. The molecule has 0 radical (unpaired) electrons. The van der Waals surface area contributed by atoms with Crippen LogP contribution in [-0.2, 0) is 0 Å². The summed E-state index contributed by atoms with van der Waals surface area (Å²) in [5.41, 5.74) is 2.26. The van der Waals surface area contributed by atoms with Crippen LogP contribution >= 0.6 is 0 Å². The number of hydrogen-bond donors (Lipinski definition) is 0. The van der Waals surface area contributed by atoms with E-state index in [0.29, 0.717) is 11.7 Å². The van der Waals surface area contributed by atoms with Crippen LogP contribution in [0, 0.1) is 17.0 Å². The van der Waals surface area contributed by atoms with Gasteiger partial charge in [0.1, 0.15) is 0 Å². The van der Waals surface area contributed by atoms with Gasteiger partial charge in [0.2, 0.25) is 0 Å². The minimum absolute atomic E-state index is 0.0741. The van der Waals surface area contributed by atoms with Crippen LogP contribution in [0.5, 0.6) is 5.75 Å². The Kier molecular flexibility index (Phi) is 2.34. The second kappa shape index (κ2) is 3.53. The molecule has 0 aliphatic heterocycles. The average molecular weight is 207 g/mol. The molecule has 0 saturated heterocycles. The zero-order valence-electron chi connectivity index (χ0n) is 8.82. The lowest BCUT2D eigenvalue weighted by atomic mass is 10.0. The Morgan fingerprint density at radius 2 is 2.13 bits per heavy atom. The maximum atomic E-state index is 10.8. The maximum Gasteiger partial charge on any atom is 0.311 e. The molecular weight excluding hydrogens is 194 g/mol. The summed E-state index contributed by atoms with van der Waals surface area (Å²) in [5, 5.41) is 10.8. The third kappa shape index (κ3) is 1.79. The van der Waals surface area contributed by atoms with E-state index in [9.17, 15) is 10.1 Å². The van der Waals surface area contributed by atoms with Crippen molar-refractivity contribution in [3.63, 3.8) is 0 Å². The summed E-state index contributed by atoms with van der Waals surface area (Å²) in [5.74, 6) is 0.872. The van der Waals surface area contributed by atoms with Crippen LogP contribution in [0.2, 0.25) is 0 Å². The molecule has 1 fully saturated rings. The third-order valence-electron chi connectivity index (χ3n) is 2.78. The molecule has 15 heavy (non-hydrogen) atoms. The van der Waals surface area contributed by atoms with Gasteiger partial charge in [-0.2, -0.15) is 0 Å². The number of nitro benzene ring substituents is 1. The van der Waals surface area contributed by atoms with Gasteiger partial charge in [-0.15, -0.1) is 0 Å². The van der Waals surface area contributed by atoms with Crippen LogP contribution in [0.4, 0.5) is 5.69 Å². The molecule has 0 atom stereocenters. The molecular formula is C11H13NO3. The van der Waals surface area contributed by atoms with E-state index in [1.807, 2.05) is 6.92 Å². The van der Waals surface area contributed by atoms with Crippen LogP contribution in [0.1, 0.15) is 29.9 Å². The summed E-state index contributed by atoms with van der Waals surface area (Å²) < 4.78 is 5.00. The van der Waals surface area contributed by atoms with Crippen LogP contribution in [-0.4, -0.2) is 12.0 Å². The first-order valence-corrected chi connectivity index (χ1v) is 4.96. The Morgan fingerprint density at radius 3 is 2.60 bits per heavy atom. The number of rotatable bonds is 3. The quantitative estimate of drug-likeness (QED) is 0.565. The number of ether oxygens (including phenoxy) is 1. The molecule has 1 saturated carbocycles. The van der Waals surface area contributed by atoms with Crippen molar-refractivity contribution in [1.29, 1.82) is 0 Å². The molecule has 1 aromatic rings. The fraction of sp³-hybridized carbons (Fsp3) is 0.455. The summed E-state index contributed by atoms with van der Waals surface area (Å²) >= 11 is 0. The van der Waals surface area contributed by atoms with E-state index in [4.69, 9.17) is 4.74 Å². The van der Waals surface area contributed by atoms with Gasteiger partial charge in [-0.25, -0.2) is 0 Å². The number of methoxy groups -OCH3 is 1. The predicted octanol–water partition coefficient (Wildman–Crippen LogP) is 2.79. The molecule has 0 aromatic heterocycles. The first-order valence-electron chi connectivity index (χ1n) is 4.96. The van der Waals surface area contributed by atoms with Crippen LogP contribution in [0.25, 0.3) is 0 Å². The molecule has 1 aromatic carbocycles. The molecule has 0 bridgehead atoms. The van der Waals surface area contributed by atoms with Gasteiger partial charge in [0.25, 0.3) is 0 Å². The van der Waals surface area contributed by atoms with Crippen LogP contribution in [0.3, 0.4) is 0 Å². The minimum Gasteiger partial charge on any atom is -0.490 e. The van der Waals surface area contributed by atoms with E-state index in [1.54, 1.807) is 12.1 Å². The van der Waals surface area contributed by atoms with E-state index in [2.05, 4.69) is 0 Å². The number of aryl methyl sites for hydroxylation is 1. The molecule has 0 unspecified atom stereocenters. The fourth-order valence-corrected chi connectivity index (χ4v) is 1.83. The lowest BCUT2D eigenvalue weighted by Gasteiger charge is -2.07. The minimum atomic E-state index is -0.385. The molecule has 0 amide bonds. The van der Waals surface area contributed by atoms with Gasteiger partial charge in [-0.05, 0) is 42.9 Å². The van der Waals surface area contributed by atoms with Crippen molar-refractivity contribution in [3.8, 4) is 5.75 Å². The van der Waals surface area contributed by atoms with E-state index in [1.165, 1.54) is 7.11 Å². The number of benzene rings is 1. The highest BCUT2D eigenvalue weighted by molar-refractivity contribution is 5.53. The summed E-state index contributed by atoms with van der Waals surface area (Å²) in [4.78, 5) is 10.4. The van der Waals surface area contributed by atoms with Crippen LogP contribution < -0.4 is 4.74 Å². The molecule has 0 heterocycles. The van der Waals surface area contributed by atoms with Gasteiger partial charge in [-0.1, -0.05) is 0 Å². The van der Waals surface area contributed by atoms with Crippen LogP contribution in [0.15, 0.2) is 12.1 Å². The highest BCUT2D eigenvalue weighted by Crippen LogP contribution is 2.44. The third-order valence-corrected chi connectivity index (χ3v) is 2.78. The topological polar surface area (TPSA) is 52.4 Å². The highest BCUT2D eigenvalue weighted by atomic mass is 16.6. The normalized spacial score (nSPS) is 15.1. The van der Waals surface area contributed by atoms with E-state index >= 15 is 0 Å². The van der Waals surface area contributed by atoms with Gasteiger partial charge < -0.3 is 4.74 Å². The lowest BCUT2D eigenvalue weighted by Crippen LogP contribution is -1.97. The fourth-order valence-electron chi connectivity index (χ4n) is 1.83. The van der Waals surface area contributed by atoms with Crippen molar-refractivity contribution in [2.75, 3.05) is 7.11 Å². The Bertz CT molecular complexity index is 411. The predicted molar refractivity (Wildman–Crippen MR) is 56.4 cm³/mol. The molecule has 2 rings (SSSR count). The Hall–Kier alpha value is -1.58. The lowest BCUT2D eigenvalue weighted by molar-refractivity contribution is -0.385. The monoisotopic (exact) mass is 207 g/mol. The van der Waals surface area contributed by atoms with Gasteiger partial charge in [0.05, 0.1) is 12.0 Å². The Labute approximate surface area is 88.0 Å². The first-order chi connectivity index (χ1) is 7.13. The Morgan fingerprint density at radius 1 is 1.47 bits per heavy atom. The zero-order chi connectivity index (χ0) is 11.0. The van der Waals surface area contributed by atoms with Gasteiger partial charge >= 0.3 is 5.69 Å². The second-order valence-electron chi connectivity index (χ2n) is 3.91. The highest BCUT2D eigenvalue weighted by Gasteiger charge is 2.28. The first kappa shape index (κ1) is 9.96.